The molecule has 4 nitrogen and oxygen atoms in total. The van der Waals surface area contributed by atoms with Crippen molar-refractivity contribution in [2.45, 2.75) is 25.8 Å². The lowest BCUT2D eigenvalue weighted by molar-refractivity contribution is 0.448. The summed E-state index contributed by atoms with van der Waals surface area (Å²) >= 11 is 0. The number of pyridine rings is 1. The van der Waals surface area contributed by atoms with E-state index in [1.807, 2.05) is 0 Å². The van der Waals surface area contributed by atoms with Crippen LogP contribution in [0.3, 0.4) is 0 Å². The Hall–Kier alpha value is -2.59. The fourth-order valence-electron chi connectivity index (χ4n) is 4.23. The highest BCUT2D eigenvalue weighted by molar-refractivity contribution is 5.98. The molecule has 0 amide bonds. The number of halogens is 1. The minimum atomic E-state index is 0. The molecule has 1 saturated heterocycles. The molecule has 5 heteroatoms. The number of hydrogen-bond acceptors (Lipinski definition) is 3. The Morgan fingerprint density at radius 1 is 0.964 bits per heavy atom. The van der Waals surface area contributed by atoms with Gasteiger partial charge in [0.1, 0.15) is 11.7 Å². The third-order valence-electron chi connectivity index (χ3n) is 5.65. The molecule has 0 atom stereocenters. The summed E-state index contributed by atoms with van der Waals surface area (Å²) in [5, 5.41) is 1.17. The number of aliphatic imine (C=N–C) groups is 1. The maximum atomic E-state index is 5.25. The van der Waals surface area contributed by atoms with E-state index in [0.717, 1.165) is 49.5 Å². The van der Waals surface area contributed by atoms with Crippen LogP contribution in [0, 0.1) is 0 Å². The molecule has 0 unspecified atom stereocenters. The van der Waals surface area contributed by atoms with Gasteiger partial charge in [0.05, 0.1) is 11.2 Å². The van der Waals surface area contributed by atoms with Crippen molar-refractivity contribution in [1.29, 1.82) is 0 Å². The van der Waals surface area contributed by atoms with Crippen LogP contribution in [0.4, 0.5) is 11.5 Å². The number of amidine groups is 1. The van der Waals surface area contributed by atoms with Crippen molar-refractivity contribution >= 4 is 40.7 Å². The zero-order valence-corrected chi connectivity index (χ0v) is 17.0. The Morgan fingerprint density at radius 3 is 2.61 bits per heavy atom. The number of aromatic nitrogens is 1. The van der Waals surface area contributed by atoms with Gasteiger partial charge in [0, 0.05) is 44.1 Å². The molecule has 28 heavy (non-hydrogen) atoms. The first-order valence-corrected chi connectivity index (χ1v) is 9.79. The summed E-state index contributed by atoms with van der Waals surface area (Å²) in [5.74, 6) is 2.31. The van der Waals surface area contributed by atoms with E-state index < -0.39 is 0 Å². The van der Waals surface area contributed by atoms with Gasteiger partial charge in [-0.1, -0.05) is 48.5 Å². The number of hydrogen-bond donors (Lipinski definition) is 0. The average molecular weight is 393 g/mol. The van der Waals surface area contributed by atoms with Crippen molar-refractivity contribution in [3.8, 4) is 0 Å². The van der Waals surface area contributed by atoms with E-state index in [1.165, 1.54) is 28.8 Å². The van der Waals surface area contributed by atoms with Crippen LogP contribution >= 0.6 is 12.4 Å². The second kappa shape index (κ2) is 7.80. The van der Waals surface area contributed by atoms with Gasteiger partial charge in [-0.05, 0) is 24.5 Å². The van der Waals surface area contributed by atoms with Crippen LogP contribution in [0.1, 0.15) is 24.0 Å². The van der Waals surface area contributed by atoms with Gasteiger partial charge in [-0.2, -0.15) is 0 Å². The summed E-state index contributed by atoms with van der Waals surface area (Å²) in [5.41, 5.74) is 4.82. The third-order valence-corrected chi connectivity index (χ3v) is 5.65. The Labute approximate surface area is 172 Å². The van der Waals surface area contributed by atoms with Gasteiger partial charge in [0.15, 0.2) is 0 Å². The molecule has 0 saturated carbocycles. The van der Waals surface area contributed by atoms with Crippen molar-refractivity contribution in [2.75, 3.05) is 25.0 Å². The van der Waals surface area contributed by atoms with Gasteiger partial charge in [-0.3, -0.25) is 0 Å². The number of para-hydroxylation sites is 1. The smallest absolute Gasteiger partial charge is 0.134 e. The predicted molar refractivity (Wildman–Crippen MR) is 119 cm³/mol. The fraction of sp³-hybridized carbons (Fsp3) is 0.304. The molecule has 2 aliphatic rings. The molecular weight excluding hydrogens is 368 g/mol. The van der Waals surface area contributed by atoms with Crippen LogP contribution in [0.5, 0.6) is 0 Å². The zero-order chi connectivity index (χ0) is 18.2. The third kappa shape index (κ3) is 3.33. The lowest BCUT2D eigenvalue weighted by Crippen LogP contribution is -2.24. The quantitative estimate of drug-likeness (QED) is 0.630. The maximum absolute atomic E-state index is 5.25. The largest absolute Gasteiger partial charge is 0.359 e. The van der Waals surface area contributed by atoms with Crippen molar-refractivity contribution in [3.63, 3.8) is 0 Å². The molecular formula is C23H25ClN4. The minimum absolute atomic E-state index is 0. The Kier molecular flexibility index (Phi) is 5.23. The van der Waals surface area contributed by atoms with Crippen LogP contribution < -0.4 is 4.90 Å². The van der Waals surface area contributed by atoms with E-state index >= 15 is 0 Å². The SMILES string of the molecule is CN1CCc2c1nc1ccccc1c2N=C1CCCN1Cc1ccccc1.Cl. The molecule has 0 spiro atoms. The molecule has 0 aliphatic carbocycles. The van der Waals surface area contributed by atoms with E-state index in [0.29, 0.717) is 0 Å². The van der Waals surface area contributed by atoms with E-state index in [9.17, 15) is 0 Å². The predicted octanol–water partition coefficient (Wildman–Crippen LogP) is 4.97. The first-order valence-electron chi connectivity index (χ1n) is 9.79. The topological polar surface area (TPSA) is 31.7 Å². The highest BCUT2D eigenvalue weighted by Gasteiger charge is 2.25. The molecule has 3 aromatic rings. The van der Waals surface area contributed by atoms with Crippen LogP contribution in [-0.4, -0.2) is 35.9 Å². The maximum Gasteiger partial charge on any atom is 0.134 e. The Bertz CT molecular complexity index is 1020. The van der Waals surface area contributed by atoms with E-state index in [1.54, 1.807) is 0 Å². The van der Waals surface area contributed by atoms with Gasteiger partial charge in [0.25, 0.3) is 0 Å². The minimum Gasteiger partial charge on any atom is -0.359 e. The number of rotatable bonds is 3. The number of likely N-dealkylation sites (N-methyl/N-ethyl adjacent to an activating group) is 1. The summed E-state index contributed by atoms with van der Waals surface area (Å²) in [6.45, 7) is 3.04. The lowest BCUT2D eigenvalue weighted by Gasteiger charge is -2.20. The summed E-state index contributed by atoms with van der Waals surface area (Å²) < 4.78 is 0. The van der Waals surface area contributed by atoms with Gasteiger partial charge in [0.2, 0.25) is 0 Å². The summed E-state index contributed by atoms with van der Waals surface area (Å²) in [6.07, 6.45) is 3.25. The normalized spacial score (nSPS) is 17.2. The summed E-state index contributed by atoms with van der Waals surface area (Å²) in [4.78, 5) is 14.8. The van der Waals surface area contributed by atoms with Gasteiger partial charge < -0.3 is 9.80 Å². The summed E-state index contributed by atoms with van der Waals surface area (Å²) in [6, 6.07) is 19.1. The van der Waals surface area contributed by atoms with E-state index in [4.69, 9.17) is 9.98 Å². The molecule has 0 radical (unpaired) electrons. The molecule has 144 valence electrons. The van der Waals surface area contributed by atoms with Crippen LogP contribution in [0.2, 0.25) is 0 Å². The van der Waals surface area contributed by atoms with Crippen LogP contribution in [0.25, 0.3) is 10.9 Å². The molecule has 1 fully saturated rings. The number of nitrogens with zero attached hydrogens (tertiary/aromatic N) is 4. The number of anilines is 1. The molecule has 3 heterocycles. The summed E-state index contributed by atoms with van der Waals surface area (Å²) in [7, 11) is 2.13. The highest BCUT2D eigenvalue weighted by atomic mass is 35.5. The van der Waals surface area contributed by atoms with Gasteiger partial charge in [-0.15, -0.1) is 12.4 Å². The number of likely N-dealkylation sites (tertiary alicyclic amines) is 1. The van der Waals surface area contributed by atoms with Crippen molar-refractivity contribution in [1.82, 2.24) is 9.88 Å². The van der Waals surface area contributed by atoms with Crippen LogP contribution in [0.15, 0.2) is 59.6 Å². The first kappa shape index (κ1) is 18.8. The van der Waals surface area contributed by atoms with Crippen LogP contribution in [-0.2, 0) is 13.0 Å². The molecule has 1 aromatic heterocycles. The Morgan fingerprint density at radius 2 is 1.75 bits per heavy atom. The second-order valence-electron chi connectivity index (χ2n) is 7.49. The highest BCUT2D eigenvalue weighted by Crippen LogP contribution is 2.39. The van der Waals surface area contributed by atoms with E-state index in [-0.39, 0.29) is 12.4 Å². The molecule has 0 N–H and O–H groups in total. The first-order chi connectivity index (χ1) is 13.3. The lowest BCUT2D eigenvalue weighted by atomic mass is 10.1. The molecule has 5 rings (SSSR count). The molecule has 2 aliphatic heterocycles. The number of benzene rings is 2. The zero-order valence-electron chi connectivity index (χ0n) is 16.1. The standard InChI is InChI=1S/C23H24N4.ClH/c1-26-15-13-19-22(18-10-5-6-11-20(18)24-23(19)26)25-21-12-7-14-27(21)16-17-8-3-2-4-9-17;/h2-6,8-11H,7,12-16H2,1H3;1H. The van der Waals surface area contributed by atoms with E-state index in [2.05, 4.69) is 71.4 Å². The van der Waals surface area contributed by atoms with Gasteiger partial charge >= 0.3 is 0 Å². The van der Waals surface area contributed by atoms with Crippen molar-refractivity contribution in [2.24, 2.45) is 4.99 Å². The van der Waals surface area contributed by atoms with Crippen molar-refractivity contribution < 1.29 is 0 Å². The second-order valence-corrected chi connectivity index (χ2v) is 7.49. The fourth-order valence-corrected chi connectivity index (χ4v) is 4.23. The number of fused-ring (bicyclic) bond motifs is 2. The Balaban J connectivity index is 0.00000192. The average Bonchev–Trinajstić information content (AvgIpc) is 3.29. The molecule has 2 aromatic carbocycles. The monoisotopic (exact) mass is 392 g/mol. The molecule has 0 bridgehead atoms. The van der Waals surface area contributed by atoms with Gasteiger partial charge in [-0.25, -0.2) is 9.98 Å². The van der Waals surface area contributed by atoms with Crippen molar-refractivity contribution in [3.05, 3.63) is 65.7 Å².